The first-order valence-corrected chi connectivity index (χ1v) is 12.4. The Labute approximate surface area is 201 Å². The number of fused-ring (bicyclic) bond motifs is 1. The van der Waals surface area contributed by atoms with Crippen molar-refractivity contribution in [2.45, 2.75) is 25.8 Å². The van der Waals surface area contributed by atoms with Crippen LogP contribution in [-0.2, 0) is 11.3 Å². The summed E-state index contributed by atoms with van der Waals surface area (Å²) in [6, 6.07) is 10.2. The molecule has 1 N–H and O–H groups in total. The molecule has 1 aromatic carbocycles. The fraction of sp³-hybridized carbons (Fsp3) is 0.360. The fourth-order valence-electron chi connectivity index (χ4n) is 4.96. The number of likely N-dealkylation sites (tertiary alicyclic amines) is 1. The van der Waals surface area contributed by atoms with Crippen LogP contribution in [-0.4, -0.2) is 57.0 Å². The van der Waals surface area contributed by atoms with Crippen LogP contribution in [0.2, 0.25) is 0 Å². The average molecular weight is 475 g/mol. The number of anilines is 1. The minimum Gasteiger partial charge on any atom is -0.381 e. The van der Waals surface area contributed by atoms with E-state index in [1.807, 2.05) is 46.4 Å². The van der Waals surface area contributed by atoms with Gasteiger partial charge in [-0.15, -0.1) is 0 Å². The highest BCUT2D eigenvalue weighted by atomic mass is 32.1. The second-order valence-electron chi connectivity index (χ2n) is 9.18. The van der Waals surface area contributed by atoms with E-state index in [-0.39, 0.29) is 11.4 Å². The minimum atomic E-state index is -0.0763. The van der Waals surface area contributed by atoms with E-state index in [2.05, 4.69) is 32.5 Å². The largest absolute Gasteiger partial charge is 0.381 e. The first-order valence-electron chi connectivity index (χ1n) is 11.6. The van der Waals surface area contributed by atoms with Crippen molar-refractivity contribution in [2.24, 2.45) is 5.41 Å². The van der Waals surface area contributed by atoms with Gasteiger partial charge in [0.15, 0.2) is 5.13 Å². The topological polar surface area (TPSA) is 85.2 Å². The summed E-state index contributed by atoms with van der Waals surface area (Å²) in [7, 11) is 0. The molecule has 0 aliphatic carbocycles. The van der Waals surface area contributed by atoms with Gasteiger partial charge in [0.05, 0.1) is 23.6 Å². The zero-order valence-electron chi connectivity index (χ0n) is 18.8. The molecule has 2 saturated heterocycles. The van der Waals surface area contributed by atoms with Crippen molar-refractivity contribution in [3.63, 3.8) is 0 Å². The number of ether oxygens (including phenoxy) is 1. The number of benzene rings is 1. The van der Waals surface area contributed by atoms with Gasteiger partial charge < -0.3 is 9.64 Å². The van der Waals surface area contributed by atoms with Crippen molar-refractivity contribution in [1.82, 2.24) is 24.6 Å². The van der Waals surface area contributed by atoms with Gasteiger partial charge in [-0.3, -0.25) is 15.0 Å². The number of urea groups is 1. The maximum absolute atomic E-state index is 13.0. The molecule has 2 fully saturated rings. The highest BCUT2D eigenvalue weighted by molar-refractivity contribution is 7.22. The van der Waals surface area contributed by atoms with Gasteiger partial charge in [-0.05, 0) is 30.2 Å². The number of nitrogens with one attached hydrogen (secondary N) is 1. The molecule has 8 nitrogen and oxygen atoms in total. The molecule has 1 spiro atoms. The zero-order chi connectivity index (χ0) is 23.0. The smallest absolute Gasteiger partial charge is 0.323 e. The summed E-state index contributed by atoms with van der Waals surface area (Å²) in [4.78, 5) is 23.9. The average Bonchev–Trinajstić information content (AvgIpc) is 3.59. The summed E-state index contributed by atoms with van der Waals surface area (Å²) >= 11 is 1.48. The van der Waals surface area contributed by atoms with Crippen LogP contribution < -0.4 is 5.32 Å². The van der Waals surface area contributed by atoms with E-state index in [0.717, 1.165) is 66.9 Å². The van der Waals surface area contributed by atoms with Crippen molar-refractivity contribution in [2.75, 3.05) is 31.6 Å². The predicted molar refractivity (Wildman–Crippen MR) is 132 cm³/mol. The number of hydrogen-bond acceptors (Lipinski definition) is 6. The molecule has 0 unspecified atom stereocenters. The number of carbonyl (C=O) groups excluding carboxylic acids is 1. The molecule has 0 atom stereocenters. The van der Waals surface area contributed by atoms with E-state index in [1.165, 1.54) is 16.9 Å². The van der Waals surface area contributed by atoms with Crippen molar-refractivity contribution >= 4 is 32.7 Å². The molecule has 2 aliphatic rings. The van der Waals surface area contributed by atoms with Crippen LogP contribution in [0.15, 0.2) is 55.1 Å². The molecule has 0 bridgehead atoms. The number of hydrogen-bond donors (Lipinski definition) is 1. The van der Waals surface area contributed by atoms with Crippen LogP contribution in [0.25, 0.3) is 21.3 Å². The normalized spacial score (nSPS) is 17.5. The third-order valence-electron chi connectivity index (χ3n) is 6.92. The van der Waals surface area contributed by atoms with Crippen molar-refractivity contribution in [3.05, 3.63) is 60.7 Å². The molecule has 5 heterocycles. The maximum atomic E-state index is 13.0. The van der Waals surface area contributed by atoms with E-state index >= 15 is 0 Å². The van der Waals surface area contributed by atoms with E-state index < -0.39 is 0 Å². The van der Waals surface area contributed by atoms with E-state index in [1.54, 1.807) is 6.20 Å². The summed E-state index contributed by atoms with van der Waals surface area (Å²) in [6.45, 7) is 3.87. The Bertz CT molecular complexity index is 1310. The highest BCUT2D eigenvalue weighted by Crippen LogP contribution is 2.40. The van der Waals surface area contributed by atoms with Gasteiger partial charge in [0.2, 0.25) is 0 Å². The maximum Gasteiger partial charge on any atom is 0.323 e. The molecule has 4 aromatic rings. The van der Waals surface area contributed by atoms with Gasteiger partial charge in [-0.25, -0.2) is 9.78 Å². The summed E-state index contributed by atoms with van der Waals surface area (Å²) in [5, 5.41) is 8.15. The molecule has 2 amide bonds. The molecule has 3 aromatic heterocycles. The Hall–Kier alpha value is -3.30. The molecule has 34 heavy (non-hydrogen) atoms. The molecule has 6 rings (SSSR count). The number of nitrogens with zero attached hydrogens (tertiary/aromatic N) is 5. The Balaban J connectivity index is 1.19. The molecule has 0 saturated carbocycles. The van der Waals surface area contributed by atoms with Crippen LogP contribution in [0.5, 0.6) is 0 Å². The van der Waals surface area contributed by atoms with Crippen LogP contribution in [0.1, 0.15) is 24.8 Å². The third-order valence-corrected chi connectivity index (χ3v) is 7.94. The van der Waals surface area contributed by atoms with Gasteiger partial charge in [0.1, 0.15) is 5.52 Å². The Morgan fingerprint density at radius 1 is 1.12 bits per heavy atom. The van der Waals surface area contributed by atoms with E-state index in [4.69, 9.17) is 4.74 Å². The SMILES string of the molecule is O=C(Nc1nc2cncc(-c3cnn(Cc4ccccc4)c3)c2s1)N1CCC2(CCOCC2)C1. The van der Waals surface area contributed by atoms with Gasteiger partial charge in [0, 0.05) is 49.8 Å². The second-order valence-corrected chi connectivity index (χ2v) is 10.2. The Morgan fingerprint density at radius 3 is 2.82 bits per heavy atom. The number of rotatable bonds is 4. The van der Waals surface area contributed by atoms with Gasteiger partial charge in [0.25, 0.3) is 0 Å². The Morgan fingerprint density at radius 2 is 1.97 bits per heavy atom. The lowest BCUT2D eigenvalue weighted by atomic mass is 9.80. The zero-order valence-corrected chi connectivity index (χ0v) is 19.6. The predicted octanol–water partition coefficient (Wildman–Crippen LogP) is 4.64. The van der Waals surface area contributed by atoms with E-state index in [0.29, 0.717) is 11.7 Å². The molecule has 0 radical (unpaired) electrons. The number of amides is 2. The van der Waals surface area contributed by atoms with Gasteiger partial charge in [-0.1, -0.05) is 41.7 Å². The monoisotopic (exact) mass is 474 g/mol. The van der Waals surface area contributed by atoms with Crippen molar-refractivity contribution in [1.29, 1.82) is 0 Å². The number of carbonyl (C=O) groups is 1. The first-order chi connectivity index (χ1) is 16.7. The van der Waals surface area contributed by atoms with Crippen molar-refractivity contribution < 1.29 is 9.53 Å². The molecule has 174 valence electrons. The van der Waals surface area contributed by atoms with Crippen LogP contribution >= 0.6 is 11.3 Å². The molecular formula is C25H26N6O2S. The molecular weight excluding hydrogens is 448 g/mol. The summed E-state index contributed by atoms with van der Waals surface area (Å²) in [5.74, 6) is 0. The summed E-state index contributed by atoms with van der Waals surface area (Å²) < 4.78 is 8.44. The highest BCUT2D eigenvalue weighted by Gasteiger charge is 2.41. The van der Waals surface area contributed by atoms with E-state index in [9.17, 15) is 4.79 Å². The second kappa shape index (κ2) is 8.81. The lowest BCUT2D eigenvalue weighted by molar-refractivity contribution is 0.0211. The summed E-state index contributed by atoms with van der Waals surface area (Å²) in [6.07, 6.45) is 10.6. The quantitative estimate of drug-likeness (QED) is 0.466. The minimum absolute atomic E-state index is 0.0763. The summed E-state index contributed by atoms with van der Waals surface area (Å²) in [5.41, 5.74) is 4.14. The lowest BCUT2D eigenvalue weighted by Gasteiger charge is -2.33. The standard InChI is InChI=1S/C25H26N6O2S/c32-24(30-9-6-25(17-30)7-10-33-11-8-25)29-23-28-21-14-26-13-20(22(21)34-23)19-12-27-31(16-19)15-18-4-2-1-3-5-18/h1-5,12-14,16H,6-11,15,17H2,(H,28,29,32). The third kappa shape index (κ3) is 4.17. The van der Waals surface area contributed by atoms with Crippen molar-refractivity contribution in [3.8, 4) is 11.1 Å². The lowest BCUT2D eigenvalue weighted by Crippen LogP contribution is -2.37. The first kappa shape index (κ1) is 21.2. The fourth-order valence-corrected chi connectivity index (χ4v) is 5.92. The number of pyridine rings is 1. The van der Waals surface area contributed by atoms with Gasteiger partial charge >= 0.3 is 6.03 Å². The Kier molecular flexibility index (Phi) is 5.50. The van der Waals surface area contributed by atoms with Crippen LogP contribution in [0.3, 0.4) is 0 Å². The molecule has 2 aliphatic heterocycles. The number of aromatic nitrogens is 4. The number of thiazole rings is 1. The van der Waals surface area contributed by atoms with Gasteiger partial charge in [-0.2, -0.15) is 5.10 Å². The molecule has 9 heteroatoms. The van der Waals surface area contributed by atoms with Crippen LogP contribution in [0, 0.1) is 5.41 Å². The van der Waals surface area contributed by atoms with Crippen LogP contribution in [0.4, 0.5) is 9.93 Å².